The molecule has 1 aliphatic heterocycles. The summed E-state index contributed by atoms with van der Waals surface area (Å²) in [7, 11) is 0. The molecule has 0 bridgehead atoms. The van der Waals surface area contributed by atoms with Gasteiger partial charge in [0.05, 0.1) is 11.8 Å². The third kappa shape index (κ3) is 2.98. The van der Waals surface area contributed by atoms with Crippen LogP contribution in [-0.2, 0) is 9.59 Å². The lowest BCUT2D eigenvalue weighted by Gasteiger charge is -2.21. The lowest BCUT2D eigenvalue weighted by molar-refractivity contribution is -0.188. The number of carboxylic acid groups (broad SMARTS) is 1. The zero-order valence-electron chi connectivity index (χ0n) is 11.0. The molecule has 0 spiro atoms. The average molecular weight is 306 g/mol. The predicted molar refractivity (Wildman–Crippen MR) is 62.0 cm³/mol. The molecule has 0 saturated carbocycles. The van der Waals surface area contributed by atoms with Crippen LogP contribution in [0, 0.1) is 11.8 Å². The molecular weight excluding hydrogens is 293 g/mol. The number of alkyl halides is 3. The number of halogens is 3. The number of hydrogen-bond donors (Lipinski definition) is 1. The van der Waals surface area contributed by atoms with Crippen LogP contribution < -0.4 is 0 Å². The highest BCUT2D eigenvalue weighted by molar-refractivity contribution is 5.82. The maximum atomic E-state index is 12.9. The first kappa shape index (κ1) is 15.3. The summed E-state index contributed by atoms with van der Waals surface area (Å²) >= 11 is 0. The summed E-state index contributed by atoms with van der Waals surface area (Å²) in [6.07, 6.45) is -2.19. The van der Waals surface area contributed by atoms with E-state index in [1.54, 1.807) is 0 Å². The van der Waals surface area contributed by atoms with Crippen molar-refractivity contribution in [1.82, 2.24) is 19.7 Å². The fraction of sp³-hybridized carbons (Fsp3) is 0.636. The number of aliphatic carboxylic acids is 1. The Balaban J connectivity index is 2.15. The molecule has 1 aromatic rings. The van der Waals surface area contributed by atoms with Gasteiger partial charge in [-0.2, -0.15) is 18.3 Å². The topological polar surface area (TPSA) is 88.3 Å². The van der Waals surface area contributed by atoms with Crippen LogP contribution in [0.2, 0.25) is 0 Å². The van der Waals surface area contributed by atoms with Crippen molar-refractivity contribution in [3.05, 3.63) is 12.7 Å². The predicted octanol–water partition coefficient (Wildman–Crippen LogP) is 0.561. The number of hydrogen-bond acceptors (Lipinski definition) is 4. The largest absolute Gasteiger partial charge is 0.481 e. The van der Waals surface area contributed by atoms with Crippen molar-refractivity contribution in [2.45, 2.75) is 19.1 Å². The minimum absolute atomic E-state index is 0.461. The second kappa shape index (κ2) is 5.34. The van der Waals surface area contributed by atoms with Crippen LogP contribution in [0.5, 0.6) is 0 Å². The Kier molecular flexibility index (Phi) is 3.88. The minimum atomic E-state index is -4.66. The molecule has 2 rings (SSSR count). The van der Waals surface area contributed by atoms with Gasteiger partial charge in [0, 0.05) is 13.1 Å². The van der Waals surface area contributed by atoms with Crippen LogP contribution in [0.1, 0.15) is 13.0 Å². The molecule has 1 N–H and O–H groups in total. The van der Waals surface area contributed by atoms with Gasteiger partial charge in [-0.25, -0.2) is 9.67 Å². The lowest BCUT2D eigenvalue weighted by atomic mass is 9.96. The third-order valence-corrected chi connectivity index (χ3v) is 3.56. The molecule has 2 heterocycles. The van der Waals surface area contributed by atoms with Crippen molar-refractivity contribution >= 4 is 11.9 Å². The summed E-state index contributed by atoms with van der Waals surface area (Å²) in [5.41, 5.74) is 0. The third-order valence-electron chi connectivity index (χ3n) is 3.56. The second-order valence-corrected chi connectivity index (χ2v) is 4.89. The fourth-order valence-corrected chi connectivity index (χ4v) is 2.36. The molecule has 0 aliphatic carbocycles. The maximum absolute atomic E-state index is 12.9. The van der Waals surface area contributed by atoms with E-state index >= 15 is 0 Å². The normalized spacial score (nSPS) is 24.1. The number of amides is 1. The molecule has 0 radical (unpaired) electrons. The monoisotopic (exact) mass is 306 g/mol. The first-order valence-corrected chi connectivity index (χ1v) is 6.14. The van der Waals surface area contributed by atoms with Crippen LogP contribution in [0.15, 0.2) is 12.7 Å². The summed E-state index contributed by atoms with van der Waals surface area (Å²) in [5, 5.41) is 12.7. The van der Waals surface area contributed by atoms with Crippen LogP contribution in [-0.4, -0.2) is 55.9 Å². The summed E-state index contributed by atoms with van der Waals surface area (Å²) in [6.45, 7) is 0.351. The average Bonchev–Trinajstić information content (AvgIpc) is 3.05. The molecule has 1 unspecified atom stereocenters. The van der Waals surface area contributed by atoms with Crippen LogP contribution >= 0.6 is 0 Å². The van der Waals surface area contributed by atoms with E-state index < -0.39 is 49.0 Å². The molecule has 0 aromatic carbocycles. The van der Waals surface area contributed by atoms with Gasteiger partial charge in [0.25, 0.3) is 0 Å². The molecule has 1 aliphatic rings. The molecule has 10 heteroatoms. The van der Waals surface area contributed by atoms with Gasteiger partial charge in [-0.05, 0) is 6.92 Å². The number of carboxylic acids is 1. The highest BCUT2D eigenvalue weighted by atomic mass is 19.4. The zero-order chi connectivity index (χ0) is 15.8. The molecule has 1 amide bonds. The van der Waals surface area contributed by atoms with E-state index in [-0.39, 0.29) is 0 Å². The molecule has 21 heavy (non-hydrogen) atoms. The Morgan fingerprint density at radius 3 is 2.48 bits per heavy atom. The van der Waals surface area contributed by atoms with Crippen LogP contribution in [0.4, 0.5) is 13.2 Å². The lowest BCUT2D eigenvalue weighted by Crippen LogP contribution is -2.36. The minimum Gasteiger partial charge on any atom is -0.481 e. The molecule has 116 valence electrons. The number of carbonyl (C=O) groups excluding carboxylic acids is 1. The van der Waals surface area contributed by atoms with Crippen molar-refractivity contribution in [1.29, 1.82) is 0 Å². The number of aromatic nitrogens is 3. The van der Waals surface area contributed by atoms with E-state index in [0.29, 0.717) is 0 Å². The molecule has 1 aromatic heterocycles. The second-order valence-electron chi connectivity index (χ2n) is 4.89. The van der Waals surface area contributed by atoms with Gasteiger partial charge in [0.1, 0.15) is 18.7 Å². The summed E-state index contributed by atoms with van der Waals surface area (Å²) in [5.74, 6) is -5.86. The van der Waals surface area contributed by atoms with Gasteiger partial charge in [-0.3, -0.25) is 9.59 Å². The number of carbonyl (C=O) groups is 2. The van der Waals surface area contributed by atoms with Crippen molar-refractivity contribution in [3.8, 4) is 0 Å². The number of likely N-dealkylation sites (tertiary alicyclic amines) is 1. The van der Waals surface area contributed by atoms with Gasteiger partial charge in [-0.1, -0.05) is 0 Å². The van der Waals surface area contributed by atoms with Crippen molar-refractivity contribution < 1.29 is 27.9 Å². The highest BCUT2D eigenvalue weighted by Gasteiger charge is 2.53. The quantitative estimate of drug-likeness (QED) is 0.881. The first-order valence-electron chi connectivity index (χ1n) is 6.14. The molecule has 7 nitrogen and oxygen atoms in total. The SMILES string of the molecule is CC(C(=O)N1C[C@@H](C(F)(F)F)[C@H](C(=O)O)C1)n1cncn1. The van der Waals surface area contributed by atoms with Gasteiger partial charge >= 0.3 is 12.1 Å². The Bertz CT molecular complexity index is 531. The van der Waals surface area contributed by atoms with Gasteiger partial charge < -0.3 is 10.0 Å². The van der Waals surface area contributed by atoms with Crippen molar-refractivity contribution in [2.24, 2.45) is 11.8 Å². The van der Waals surface area contributed by atoms with Gasteiger partial charge in [-0.15, -0.1) is 0 Å². The standard InChI is InChI=1S/C11H13F3N4O3/c1-6(18-5-15-4-16-18)9(19)17-2-7(10(20)21)8(3-17)11(12,13)14/h4-8H,2-3H2,1H3,(H,20,21)/t6?,7-,8-/m1/s1. The van der Waals surface area contributed by atoms with Gasteiger partial charge in [0.15, 0.2) is 0 Å². The van der Waals surface area contributed by atoms with E-state index in [1.165, 1.54) is 24.3 Å². The van der Waals surface area contributed by atoms with Crippen molar-refractivity contribution in [2.75, 3.05) is 13.1 Å². The van der Waals surface area contributed by atoms with E-state index in [1.807, 2.05) is 0 Å². The summed E-state index contributed by atoms with van der Waals surface area (Å²) in [4.78, 5) is 27.7. The molecule has 3 atom stereocenters. The van der Waals surface area contributed by atoms with E-state index in [0.717, 1.165) is 4.90 Å². The Hall–Kier alpha value is -2.13. The van der Waals surface area contributed by atoms with Gasteiger partial charge in [0.2, 0.25) is 5.91 Å². The maximum Gasteiger partial charge on any atom is 0.394 e. The molecule has 1 fully saturated rings. The smallest absolute Gasteiger partial charge is 0.394 e. The van der Waals surface area contributed by atoms with E-state index in [4.69, 9.17) is 5.11 Å². The fourth-order valence-electron chi connectivity index (χ4n) is 2.36. The Morgan fingerprint density at radius 1 is 1.38 bits per heavy atom. The molecule has 1 saturated heterocycles. The summed E-state index contributed by atoms with van der Waals surface area (Å²) < 4.78 is 39.8. The summed E-state index contributed by atoms with van der Waals surface area (Å²) in [6, 6.07) is -0.839. The Morgan fingerprint density at radius 2 is 2.05 bits per heavy atom. The van der Waals surface area contributed by atoms with Crippen molar-refractivity contribution in [3.63, 3.8) is 0 Å². The highest BCUT2D eigenvalue weighted by Crippen LogP contribution is 2.38. The zero-order valence-corrected chi connectivity index (χ0v) is 11.0. The van der Waals surface area contributed by atoms with Crippen LogP contribution in [0.25, 0.3) is 0 Å². The number of rotatable bonds is 3. The van der Waals surface area contributed by atoms with E-state index in [9.17, 15) is 22.8 Å². The number of nitrogens with zero attached hydrogens (tertiary/aromatic N) is 4. The van der Waals surface area contributed by atoms with Crippen LogP contribution in [0.3, 0.4) is 0 Å². The first-order chi connectivity index (χ1) is 9.71. The Labute approximate surface area is 117 Å². The van der Waals surface area contributed by atoms with E-state index in [2.05, 4.69) is 10.1 Å². The molecular formula is C11H13F3N4O3.